The van der Waals surface area contributed by atoms with E-state index in [4.69, 9.17) is 10.5 Å². The molecule has 0 fully saturated rings. The monoisotopic (exact) mass is 188 g/mol. The third-order valence-corrected chi connectivity index (χ3v) is 1.65. The van der Waals surface area contributed by atoms with Crippen LogP contribution in [0.2, 0.25) is 0 Å². The molecular weight excluding hydrogens is 168 g/mol. The first-order valence-electron chi connectivity index (χ1n) is 4.44. The summed E-state index contributed by atoms with van der Waals surface area (Å²) in [4.78, 5) is 11.3. The van der Waals surface area contributed by atoms with E-state index in [2.05, 4.69) is 5.32 Å². The standard InChI is InChI=1S/C9H20N2O2/c1-7(6-13-4)5-11-8(12)9(2,3)10/h7H,5-6,10H2,1-4H3,(H,11,12). The van der Waals surface area contributed by atoms with Crippen LogP contribution in [-0.2, 0) is 9.53 Å². The number of carbonyl (C=O) groups is 1. The number of amides is 1. The molecule has 4 nitrogen and oxygen atoms in total. The normalized spacial score (nSPS) is 13.9. The molecule has 0 aromatic carbocycles. The molecule has 3 N–H and O–H groups in total. The van der Waals surface area contributed by atoms with Gasteiger partial charge in [-0.05, 0) is 19.8 Å². The van der Waals surface area contributed by atoms with Crippen molar-refractivity contribution in [3.8, 4) is 0 Å². The molecule has 0 aliphatic carbocycles. The molecule has 0 bridgehead atoms. The van der Waals surface area contributed by atoms with E-state index in [1.807, 2.05) is 6.92 Å². The fourth-order valence-corrected chi connectivity index (χ4v) is 0.838. The van der Waals surface area contributed by atoms with Crippen LogP contribution >= 0.6 is 0 Å². The molecule has 0 spiro atoms. The number of ether oxygens (including phenoxy) is 1. The SMILES string of the molecule is COCC(C)CNC(=O)C(C)(C)N. The Labute approximate surface area is 79.8 Å². The molecule has 0 aromatic rings. The molecule has 1 amide bonds. The Morgan fingerprint density at radius 1 is 1.62 bits per heavy atom. The smallest absolute Gasteiger partial charge is 0.239 e. The fraction of sp³-hybridized carbons (Fsp3) is 0.889. The first kappa shape index (κ1) is 12.4. The lowest BCUT2D eigenvalue weighted by molar-refractivity contribution is -0.125. The summed E-state index contributed by atoms with van der Waals surface area (Å²) in [5, 5.41) is 2.76. The van der Waals surface area contributed by atoms with Gasteiger partial charge in [-0.25, -0.2) is 0 Å². The zero-order valence-electron chi connectivity index (χ0n) is 8.89. The molecule has 0 rings (SSSR count). The lowest BCUT2D eigenvalue weighted by atomic mass is 10.1. The molecule has 13 heavy (non-hydrogen) atoms. The van der Waals surface area contributed by atoms with E-state index in [1.165, 1.54) is 0 Å². The van der Waals surface area contributed by atoms with Gasteiger partial charge >= 0.3 is 0 Å². The minimum absolute atomic E-state index is 0.129. The van der Waals surface area contributed by atoms with Crippen LogP contribution in [0.4, 0.5) is 0 Å². The molecule has 0 heterocycles. The number of nitrogens with one attached hydrogen (secondary N) is 1. The van der Waals surface area contributed by atoms with Gasteiger partial charge in [0.1, 0.15) is 0 Å². The number of rotatable bonds is 5. The number of methoxy groups -OCH3 is 1. The maximum Gasteiger partial charge on any atom is 0.239 e. The summed E-state index contributed by atoms with van der Waals surface area (Å²) < 4.78 is 4.94. The second kappa shape index (κ2) is 5.19. The zero-order valence-corrected chi connectivity index (χ0v) is 8.89. The molecular formula is C9H20N2O2. The fourth-order valence-electron chi connectivity index (χ4n) is 0.838. The van der Waals surface area contributed by atoms with Gasteiger partial charge in [-0.3, -0.25) is 4.79 Å². The van der Waals surface area contributed by atoms with Crippen LogP contribution in [0, 0.1) is 5.92 Å². The van der Waals surface area contributed by atoms with Crippen molar-refractivity contribution >= 4 is 5.91 Å². The summed E-state index contributed by atoms with van der Waals surface area (Å²) in [6, 6.07) is 0. The number of carbonyl (C=O) groups excluding carboxylic acids is 1. The number of hydrogen-bond acceptors (Lipinski definition) is 3. The molecule has 0 saturated carbocycles. The predicted octanol–water partition coefficient (Wildman–Crippen LogP) is 0.122. The summed E-state index contributed by atoms with van der Waals surface area (Å²) in [7, 11) is 1.64. The lowest BCUT2D eigenvalue weighted by Crippen LogP contribution is -2.50. The van der Waals surface area contributed by atoms with Crippen LogP contribution < -0.4 is 11.1 Å². The summed E-state index contributed by atoms with van der Waals surface area (Å²) in [5.74, 6) is 0.187. The Hall–Kier alpha value is -0.610. The van der Waals surface area contributed by atoms with Crippen molar-refractivity contribution in [2.24, 2.45) is 11.7 Å². The predicted molar refractivity (Wildman–Crippen MR) is 52.3 cm³/mol. The molecule has 1 atom stereocenters. The highest BCUT2D eigenvalue weighted by molar-refractivity contribution is 5.84. The molecule has 0 saturated heterocycles. The van der Waals surface area contributed by atoms with Crippen LogP contribution in [-0.4, -0.2) is 31.7 Å². The van der Waals surface area contributed by atoms with Gasteiger partial charge in [-0.1, -0.05) is 6.92 Å². The molecule has 0 aliphatic rings. The third kappa shape index (κ3) is 5.60. The van der Waals surface area contributed by atoms with Gasteiger partial charge in [-0.15, -0.1) is 0 Å². The van der Waals surface area contributed by atoms with Crippen molar-refractivity contribution in [3.63, 3.8) is 0 Å². The molecule has 0 radical (unpaired) electrons. The summed E-state index contributed by atoms with van der Waals surface area (Å²) >= 11 is 0. The minimum atomic E-state index is -0.799. The van der Waals surface area contributed by atoms with E-state index in [9.17, 15) is 4.79 Å². The van der Waals surface area contributed by atoms with Crippen LogP contribution in [0.3, 0.4) is 0 Å². The highest BCUT2D eigenvalue weighted by atomic mass is 16.5. The van der Waals surface area contributed by atoms with Crippen molar-refractivity contribution < 1.29 is 9.53 Å². The van der Waals surface area contributed by atoms with Gasteiger partial charge in [0.25, 0.3) is 0 Å². The zero-order chi connectivity index (χ0) is 10.5. The Kier molecular flexibility index (Phi) is 4.95. The van der Waals surface area contributed by atoms with Gasteiger partial charge < -0.3 is 15.8 Å². The number of nitrogens with two attached hydrogens (primary N) is 1. The van der Waals surface area contributed by atoms with Gasteiger partial charge in [0, 0.05) is 13.7 Å². The maximum absolute atomic E-state index is 11.3. The molecule has 78 valence electrons. The molecule has 0 aromatic heterocycles. The number of hydrogen-bond donors (Lipinski definition) is 2. The van der Waals surface area contributed by atoms with Crippen LogP contribution in [0.15, 0.2) is 0 Å². The van der Waals surface area contributed by atoms with E-state index in [0.29, 0.717) is 19.1 Å². The first-order valence-corrected chi connectivity index (χ1v) is 4.44. The summed E-state index contributed by atoms with van der Waals surface area (Å²) in [6.45, 7) is 6.62. The maximum atomic E-state index is 11.3. The second-order valence-corrected chi connectivity index (χ2v) is 3.99. The van der Waals surface area contributed by atoms with Crippen molar-refractivity contribution in [2.75, 3.05) is 20.3 Å². The second-order valence-electron chi connectivity index (χ2n) is 3.99. The van der Waals surface area contributed by atoms with Crippen molar-refractivity contribution in [1.29, 1.82) is 0 Å². The Morgan fingerprint density at radius 3 is 2.54 bits per heavy atom. The topological polar surface area (TPSA) is 64.3 Å². The van der Waals surface area contributed by atoms with Gasteiger partial charge in [0.2, 0.25) is 5.91 Å². The van der Waals surface area contributed by atoms with E-state index in [-0.39, 0.29) is 5.91 Å². The van der Waals surface area contributed by atoms with Crippen molar-refractivity contribution in [2.45, 2.75) is 26.3 Å². The first-order chi connectivity index (χ1) is 5.88. The van der Waals surface area contributed by atoms with Crippen molar-refractivity contribution in [1.82, 2.24) is 5.32 Å². The van der Waals surface area contributed by atoms with E-state index < -0.39 is 5.54 Å². The summed E-state index contributed by atoms with van der Waals surface area (Å²) in [6.07, 6.45) is 0. The van der Waals surface area contributed by atoms with Gasteiger partial charge in [-0.2, -0.15) is 0 Å². The third-order valence-electron chi connectivity index (χ3n) is 1.65. The average Bonchev–Trinajstić information content (AvgIpc) is 1.99. The largest absolute Gasteiger partial charge is 0.384 e. The lowest BCUT2D eigenvalue weighted by Gasteiger charge is -2.19. The van der Waals surface area contributed by atoms with Crippen LogP contribution in [0.1, 0.15) is 20.8 Å². The molecule has 1 unspecified atom stereocenters. The Morgan fingerprint density at radius 2 is 2.15 bits per heavy atom. The highest BCUT2D eigenvalue weighted by Crippen LogP contribution is 1.97. The quantitative estimate of drug-likeness (QED) is 0.644. The van der Waals surface area contributed by atoms with E-state index in [0.717, 1.165) is 0 Å². The van der Waals surface area contributed by atoms with E-state index >= 15 is 0 Å². The Bertz CT molecular complexity index is 163. The van der Waals surface area contributed by atoms with Gasteiger partial charge in [0.15, 0.2) is 0 Å². The molecule has 4 heteroatoms. The Balaban J connectivity index is 3.71. The minimum Gasteiger partial charge on any atom is -0.384 e. The van der Waals surface area contributed by atoms with Crippen LogP contribution in [0.25, 0.3) is 0 Å². The summed E-state index contributed by atoms with van der Waals surface area (Å²) in [5.41, 5.74) is 4.80. The molecule has 0 aliphatic heterocycles. The highest BCUT2D eigenvalue weighted by Gasteiger charge is 2.21. The van der Waals surface area contributed by atoms with Gasteiger partial charge in [0.05, 0.1) is 12.1 Å². The average molecular weight is 188 g/mol. The van der Waals surface area contributed by atoms with E-state index in [1.54, 1.807) is 21.0 Å². The van der Waals surface area contributed by atoms with Crippen LogP contribution in [0.5, 0.6) is 0 Å². The van der Waals surface area contributed by atoms with Crippen molar-refractivity contribution in [3.05, 3.63) is 0 Å².